The molecule has 0 saturated heterocycles. The van der Waals surface area contributed by atoms with E-state index in [1.165, 1.54) is 11.9 Å². The van der Waals surface area contributed by atoms with Gasteiger partial charge in [-0.25, -0.2) is 9.67 Å². The fourth-order valence-corrected chi connectivity index (χ4v) is 1.41. The Bertz CT molecular complexity index is 506. The lowest BCUT2D eigenvalue weighted by atomic mass is 10.2. The molecule has 2 aromatic rings. The van der Waals surface area contributed by atoms with Crippen LogP contribution in [0.1, 0.15) is 11.4 Å². The molecule has 1 heterocycles. The summed E-state index contributed by atoms with van der Waals surface area (Å²) < 4.78 is 1.59. The highest BCUT2D eigenvalue weighted by molar-refractivity contribution is 5.33. The second-order valence-corrected chi connectivity index (χ2v) is 3.32. The molecule has 0 aliphatic carbocycles. The van der Waals surface area contributed by atoms with Crippen LogP contribution in [-0.2, 0) is 6.54 Å². The van der Waals surface area contributed by atoms with Crippen LogP contribution in [0.5, 0.6) is 0 Å². The lowest BCUT2D eigenvalue weighted by Crippen LogP contribution is -2.05. The van der Waals surface area contributed by atoms with E-state index in [0.717, 1.165) is 12.2 Å². The predicted octanol–water partition coefficient (Wildman–Crippen LogP) is 0.858. The normalized spacial score (nSPS) is 10.0. The maximum absolute atomic E-state index is 8.62. The summed E-state index contributed by atoms with van der Waals surface area (Å²) in [5.74, 6) is 0.180. The molecule has 0 spiro atoms. The zero-order chi connectivity index (χ0) is 11.4. The number of nitriles is 1. The average Bonchev–Trinajstić information content (AvgIpc) is 2.79. The molecule has 0 aliphatic heterocycles. The fraction of sp³-hybridized carbons (Fsp3) is 0.182. The number of benzene rings is 1. The van der Waals surface area contributed by atoms with Gasteiger partial charge in [0.05, 0.1) is 5.69 Å². The lowest BCUT2D eigenvalue weighted by Gasteiger charge is -2.02. The maximum Gasteiger partial charge on any atom is 0.252 e. The average molecular weight is 213 g/mol. The van der Waals surface area contributed by atoms with Crippen molar-refractivity contribution in [1.82, 2.24) is 20.1 Å². The molecule has 0 unspecified atom stereocenters. The summed E-state index contributed by atoms with van der Waals surface area (Å²) in [5, 5.41) is 15.7. The smallest absolute Gasteiger partial charge is 0.252 e. The first kappa shape index (κ1) is 10.3. The van der Waals surface area contributed by atoms with Gasteiger partial charge in [0.25, 0.3) is 5.82 Å². The molecule has 1 aromatic heterocycles. The van der Waals surface area contributed by atoms with Crippen molar-refractivity contribution in [3.8, 4) is 11.8 Å². The standard InChI is InChI=1S/C11H11N5/c1-13-7-9-2-4-10(5-3-9)16-8-14-11(6-12)15-16/h2-5,8,13H,7H2,1H3. The summed E-state index contributed by atoms with van der Waals surface area (Å²) >= 11 is 0. The highest BCUT2D eigenvalue weighted by Gasteiger charge is 2.01. The van der Waals surface area contributed by atoms with Crippen molar-refractivity contribution in [2.75, 3.05) is 7.05 Å². The summed E-state index contributed by atoms with van der Waals surface area (Å²) in [5.41, 5.74) is 2.10. The van der Waals surface area contributed by atoms with Gasteiger partial charge in [-0.2, -0.15) is 5.26 Å². The van der Waals surface area contributed by atoms with Crippen molar-refractivity contribution < 1.29 is 0 Å². The van der Waals surface area contributed by atoms with Gasteiger partial charge in [-0.1, -0.05) is 12.1 Å². The van der Waals surface area contributed by atoms with E-state index in [1.807, 2.05) is 37.4 Å². The van der Waals surface area contributed by atoms with Crippen LogP contribution in [0.25, 0.3) is 5.69 Å². The highest BCUT2D eigenvalue weighted by atomic mass is 15.3. The van der Waals surface area contributed by atoms with Crippen LogP contribution >= 0.6 is 0 Å². The van der Waals surface area contributed by atoms with Gasteiger partial charge >= 0.3 is 0 Å². The number of nitrogens with one attached hydrogen (secondary N) is 1. The summed E-state index contributed by atoms with van der Waals surface area (Å²) in [4.78, 5) is 3.85. The summed E-state index contributed by atoms with van der Waals surface area (Å²) in [6, 6.07) is 9.82. The minimum absolute atomic E-state index is 0.180. The summed E-state index contributed by atoms with van der Waals surface area (Å²) in [6.07, 6.45) is 1.53. The zero-order valence-corrected chi connectivity index (χ0v) is 8.88. The van der Waals surface area contributed by atoms with Crippen LogP contribution < -0.4 is 5.32 Å². The number of nitrogens with zero attached hydrogens (tertiary/aromatic N) is 4. The molecule has 1 aromatic carbocycles. The van der Waals surface area contributed by atoms with Gasteiger partial charge in [-0.05, 0) is 24.7 Å². The summed E-state index contributed by atoms with van der Waals surface area (Å²) in [7, 11) is 1.91. The molecule has 0 bridgehead atoms. The van der Waals surface area contributed by atoms with Crippen molar-refractivity contribution >= 4 is 0 Å². The molecule has 0 fully saturated rings. The first-order chi connectivity index (χ1) is 7.83. The van der Waals surface area contributed by atoms with Crippen LogP contribution in [0.3, 0.4) is 0 Å². The minimum Gasteiger partial charge on any atom is -0.316 e. The van der Waals surface area contributed by atoms with Gasteiger partial charge in [0, 0.05) is 6.54 Å². The third-order valence-electron chi connectivity index (χ3n) is 2.17. The lowest BCUT2D eigenvalue weighted by molar-refractivity contribution is 0.815. The quantitative estimate of drug-likeness (QED) is 0.821. The third kappa shape index (κ3) is 2.07. The van der Waals surface area contributed by atoms with Crippen molar-refractivity contribution in [3.63, 3.8) is 0 Å². The van der Waals surface area contributed by atoms with Gasteiger partial charge in [0.2, 0.25) is 0 Å². The number of rotatable bonds is 3. The molecule has 0 radical (unpaired) electrons. The Balaban J connectivity index is 2.24. The van der Waals surface area contributed by atoms with Crippen molar-refractivity contribution in [2.24, 2.45) is 0 Å². The van der Waals surface area contributed by atoms with Crippen LogP contribution in [0.4, 0.5) is 0 Å². The molecule has 0 aliphatic rings. The first-order valence-corrected chi connectivity index (χ1v) is 4.89. The van der Waals surface area contributed by atoms with Gasteiger partial charge in [-0.15, -0.1) is 5.10 Å². The Morgan fingerprint density at radius 2 is 2.12 bits per heavy atom. The maximum atomic E-state index is 8.62. The van der Waals surface area contributed by atoms with Crippen LogP contribution in [0.2, 0.25) is 0 Å². The van der Waals surface area contributed by atoms with E-state index in [-0.39, 0.29) is 5.82 Å². The van der Waals surface area contributed by atoms with E-state index in [0.29, 0.717) is 0 Å². The molecule has 0 saturated carbocycles. The van der Waals surface area contributed by atoms with Crippen LogP contribution in [0, 0.1) is 11.3 Å². The van der Waals surface area contributed by atoms with Crippen molar-refractivity contribution in [1.29, 1.82) is 5.26 Å². The highest BCUT2D eigenvalue weighted by Crippen LogP contribution is 2.08. The molecule has 0 amide bonds. The first-order valence-electron chi connectivity index (χ1n) is 4.89. The van der Waals surface area contributed by atoms with Crippen molar-refractivity contribution in [2.45, 2.75) is 6.54 Å². The molecular weight excluding hydrogens is 202 g/mol. The minimum atomic E-state index is 0.180. The number of hydrogen-bond donors (Lipinski definition) is 1. The molecule has 5 heteroatoms. The Morgan fingerprint density at radius 3 is 2.69 bits per heavy atom. The van der Waals surface area contributed by atoms with Crippen molar-refractivity contribution in [3.05, 3.63) is 42.0 Å². The topological polar surface area (TPSA) is 66.5 Å². The predicted molar refractivity (Wildman–Crippen MR) is 58.8 cm³/mol. The Hall–Kier alpha value is -2.19. The van der Waals surface area contributed by atoms with E-state index >= 15 is 0 Å². The molecule has 5 nitrogen and oxygen atoms in total. The van der Waals surface area contributed by atoms with E-state index in [2.05, 4.69) is 15.4 Å². The molecule has 0 atom stereocenters. The second-order valence-electron chi connectivity index (χ2n) is 3.32. The van der Waals surface area contributed by atoms with E-state index < -0.39 is 0 Å². The molecule has 16 heavy (non-hydrogen) atoms. The van der Waals surface area contributed by atoms with Crippen LogP contribution in [-0.4, -0.2) is 21.8 Å². The van der Waals surface area contributed by atoms with Gasteiger partial charge < -0.3 is 5.32 Å². The van der Waals surface area contributed by atoms with Gasteiger partial charge in [-0.3, -0.25) is 0 Å². The third-order valence-corrected chi connectivity index (χ3v) is 2.17. The van der Waals surface area contributed by atoms with Crippen LogP contribution in [0.15, 0.2) is 30.6 Å². The molecule has 80 valence electrons. The van der Waals surface area contributed by atoms with E-state index in [1.54, 1.807) is 4.68 Å². The largest absolute Gasteiger partial charge is 0.316 e. The van der Waals surface area contributed by atoms with E-state index in [9.17, 15) is 0 Å². The number of aromatic nitrogens is 3. The molecule has 2 rings (SSSR count). The monoisotopic (exact) mass is 213 g/mol. The Morgan fingerprint density at radius 1 is 1.38 bits per heavy atom. The zero-order valence-electron chi connectivity index (χ0n) is 8.88. The van der Waals surface area contributed by atoms with Gasteiger partial charge in [0.15, 0.2) is 0 Å². The Kier molecular flexibility index (Phi) is 2.94. The summed E-state index contributed by atoms with van der Waals surface area (Å²) in [6.45, 7) is 0.834. The molecule has 1 N–H and O–H groups in total. The number of hydrogen-bond acceptors (Lipinski definition) is 4. The second kappa shape index (κ2) is 4.55. The Labute approximate surface area is 93.4 Å². The van der Waals surface area contributed by atoms with Gasteiger partial charge in [0.1, 0.15) is 12.4 Å². The fourth-order valence-electron chi connectivity index (χ4n) is 1.41. The SMILES string of the molecule is CNCc1ccc(-n2cnc(C#N)n2)cc1. The van der Waals surface area contributed by atoms with E-state index in [4.69, 9.17) is 5.26 Å². The molecular formula is C11H11N5.